The van der Waals surface area contributed by atoms with Gasteiger partial charge in [0, 0.05) is 30.3 Å². The second kappa shape index (κ2) is 8.96. The van der Waals surface area contributed by atoms with Gasteiger partial charge in [-0.1, -0.05) is 11.6 Å². The summed E-state index contributed by atoms with van der Waals surface area (Å²) in [6, 6.07) is 10.5. The Morgan fingerprint density at radius 2 is 2.07 bits per heavy atom. The number of nitrogens with zero attached hydrogens (tertiary/aromatic N) is 4. The predicted molar refractivity (Wildman–Crippen MR) is 115 cm³/mol. The van der Waals surface area contributed by atoms with E-state index in [1.807, 2.05) is 24.3 Å². The summed E-state index contributed by atoms with van der Waals surface area (Å²) in [5.74, 6) is 0. The Bertz CT molecular complexity index is 1080. The van der Waals surface area contributed by atoms with Crippen LogP contribution in [0.25, 0.3) is 11.3 Å². The minimum atomic E-state index is -0.371. The molecule has 148 valence electrons. The highest BCUT2D eigenvalue weighted by molar-refractivity contribution is 7.07. The zero-order valence-electron chi connectivity index (χ0n) is 16.0. The lowest BCUT2D eigenvalue weighted by Crippen LogP contribution is -2.16. The highest BCUT2D eigenvalue weighted by Gasteiger charge is 2.12. The monoisotopic (exact) mass is 406 g/mol. The number of nitro groups is 1. The van der Waals surface area contributed by atoms with E-state index in [-0.39, 0.29) is 10.6 Å². The average Bonchev–Trinajstić information content (AvgIpc) is 3.16. The minimum absolute atomic E-state index is 0.100. The van der Waals surface area contributed by atoms with Gasteiger partial charge in [-0.2, -0.15) is 0 Å². The third-order valence-electron chi connectivity index (χ3n) is 5.08. The van der Waals surface area contributed by atoms with E-state index in [1.165, 1.54) is 31.3 Å². The molecule has 3 aromatic rings. The van der Waals surface area contributed by atoms with Crippen LogP contribution in [0.2, 0.25) is 0 Å². The Morgan fingerprint density at radius 1 is 1.21 bits per heavy atom. The van der Waals surface area contributed by atoms with Gasteiger partial charge in [-0.05, 0) is 61.9 Å². The van der Waals surface area contributed by atoms with Crippen LogP contribution in [-0.2, 0) is 6.54 Å². The van der Waals surface area contributed by atoms with Crippen molar-refractivity contribution in [2.24, 2.45) is 4.99 Å². The van der Waals surface area contributed by atoms with Crippen LogP contribution in [0.15, 0.2) is 70.8 Å². The highest BCUT2D eigenvalue weighted by atomic mass is 32.1. The van der Waals surface area contributed by atoms with Gasteiger partial charge in [0.25, 0.3) is 5.69 Å². The first kappa shape index (κ1) is 19.3. The number of benzene rings is 1. The maximum Gasteiger partial charge on any atom is 0.269 e. The molecule has 4 rings (SSSR count). The van der Waals surface area contributed by atoms with Crippen molar-refractivity contribution in [3.8, 4) is 11.3 Å². The molecule has 0 unspecified atom stereocenters. The van der Waals surface area contributed by atoms with Gasteiger partial charge in [-0.25, -0.2) is 4.99 Å². The number of allylic oxidation sites excluding steroid dienone is 2. The molecule has 1 aliphatic carbocycles. The first-order valence-electron chi connectivity index (χ1n) is 9.76. The molecule has 0 amide bonds. The third-order valence-corrected chi connectivity index (χ3v) is 5.95. The number of nitro benzene ring substituents is 1. The summed E-state index contributed by atoms with van der Waals surface area (Å²) in [5.41, 5.74) is 4.41. The molecule has 0 aliphatic heterocycles. The van der Waals surface area contributed by atoms with E-state index >= 15 is 0 Å². The Kier molecular flexibility index (Phi) is 5.95. The van der Waals surface area contributed by atoms with E-state index in [0.29, 0.717) is 0 Å². The first-order valence-corrected chi connectivity index (χ1v) is 10.6. The van der Waals surface area contributed by atoms with E-state index in [1.54, 1.807) is 35.9 Å². The molecular formula is C22H22N4O2S. The van der Waals surface area contributed by atoms with Crippen LogP contribution in [0.5, 0.6) is 0 Å². The molecule has 1 aromatic carbocycles. The first-order chi connectivity index (χ1) is 14.2. The fourth-order valence-electron chi connectivity index (χ4n) is 3.54. The second-order valence-electron chi connectivity index (χ2n) is 7.04. The van der Waals surface area contributed by atoms with E-state index in [0.717, 1.165) is 34.7 Å². The van der Waals surface area contributed by atoms with Gasteiger partial charge in [0.15, 0.2) is 4.80 Å². The van der Waals surface area contributed by atoms with Crippen LogP contribution in [0.4, 0.5) is 11.4 Å². The normalized spacial score (nSPS) is 14.6. The van der Waals surface area contributed by atoms with Crippen molar-refractivity contribution >= 4 is 22.7 Å². The van der Waals surface area contributed by atoms with Gasteiger partial charge >= 0.3 is 0 Å². The molecule has 29 heavy (non-hydrogen) atoms. The van der Waals surface area contributed by atoms with Crippen molar-refractivity contribution in [2.45, 2.75) is 38.6 Å². The maximum absolute atomic E-state index is 11.0. The Balaban J connectivity index is 1.71. The number of pyridine rings is 1. The van der Waals surface area contributed by atoms with Crippen LogP contribution in [0.3, 0.4) is 0 Å². The Hall–Kier alpha value is -3.06. The molecule has 0 fully saturated rings. The standard InChI is InChI=1S/C22H22N4O2S/c27-26(28)20-10-8-18(9-11-20)21-16-29-22(24-19-7-4-13-23-15-19)25(21)14-12-17-5-2-1-3-6-17/h4-5,7-11,13,15-16H,1-3,6,12,14H2. The lowest BCUT2D eigenvalue weighted by Gasteiger charge is -2.14. The molecule has 1 aliphatic rings. The lowest BCUT2D eigenvalue weighted by molar-refractivity contribution is -0.384. The van der Waals surface area contributed by atoms with Gasteiger partial charge in [-0.15, -0.1) is 11.3 Å². The summed E-state index contributed by atoms with van der Waals surface area (Å²) in [4.78, 5) is 20.4. The summed E-state index contributed by atoms with van der Waals surface area (Å²) >= 11 is 1.58. The fraction of sp³-hybridized carbons (Fsp3) is 0.273. The largest absolute Gasteiger partial charge is 0.316 e. The van der Waals surface area contributed by atoms with Crippen molar-refractivity contribution in [3.05, 3.63) is 80.7 Å². The van der Waals surface area contributed by atoms with E-state index < -0.39 is 0 Å². The Morgan fingerprint density at radius 3 is 2.76 bits per heavy atom. The number of rotatable bonds is 6. The Labute approximate surface area is 173 Å². The van der Waals surface area contributed by atoms with Crippen molar-refractivity contribution in [1.29, 1.82) is 0 Å². The van der Waals surface area contributed by atoms with Gasteiger partial charge in [-0.3, -0.25) is 15.1 Å². The molecule has 0 atom stereocenters. The number of thiazole rings is 1. The lowest BCUT2D eigenvalue weighted by atomic mass is 9.97. The van der Waals surface area contributed by atoms with E-state index in [9.17, 15) is 10.1 Å². The number of aromatic nitrogens is 2. The van der Waals surface area contributed by atoms with Crippen LogP contribution >= 0.6 is 11.3 Å². The quantitative estimate of drug-likeness (QED) is 0.302. The molecule has 0 bridgehead atoms. The molecule has 7 heteroatoms. The topological polar surface area (TPSA) is 73.3 Å². The molecule has 2 aromatic heterocycles. The molecule has 0 spiro atoms. The molecular weight excluding hydrogens is 384 g/mol. The van der Waals surface area contributed by atoms with Crippen LogP contribution < -0.4 is 4.80 Å². The van der Waals surface area contributed by atoms with Crippen molar-refractivity contribution in [1.82, 2.24) is 9.55 Å². The molecule has 0 saturated heterocycles. The van der Waals surface area contributed by atoms with Gasteiger partial charge < -0.3 is 4.57 Å². The number of non-ortho nitro benzene ring substituents is 1. The number of hydrogen-bond donors (Lipinski definition) is 0. The SMILES string of the molecule is O=[N+]([O-])c1ccc(-c2csc(=Nc3cccnc3)n2CCC2=CCCCC2)cc1. The van der Waals surface area contributed by atoms with Gasteiger partial charge in [0.1, 0.15) is 0 Å². The van der Waals surface area contributed by atoms with Crippen molar-refractivity contribution in [2.75, 3.05) is 0 Å². The minimum Gasteiger partial charge on any atom is -0.316 e. The smallest absolute Gasteiger partial charge is 0.269 e. The van der Waals surface area contributed by atoms with Crippen LogP contribution in [0.1, 0.15) is 32.1 Å². The zero-order valence-corrected chi connectivity index (χ0v) is 16.8. The predicted octanol–water partition coefficient (Wildman–Crippen LogP) is 5.64. The molecule has 6 nitrogen and oxygen atoms in total. The second-order valence-corrected chi connectivity index (χ2v) is 7.88. The molecule has 0 radical (unpaired) electrons. The molecule has 0 saturated carbocycles. The van der Waals surface area contributed by atoms with E-state index in [2.05, 4.69) is 21.0 Å². The van der Waals surface area contributed by atoms with E-state index in [4.69, 9.17) is 4.99 Å². The van der Waals surface area contributed by atoms with Gasteiger partial charge in [0.2, 0.25) is 0 Å². The fourth-order valence-corrected chi connectivity index (χ4v) is 4.49. The van der Waals surface area contributed by atoms with Crippen LogP contribution in [0, 0.1) is 10.1 Å². The summed E-state index contributed by atoms with van der Waals surface area (Å²) in [6.45, 7) is 0.834. The van der Waals surface area contributed by atoms with Gasteiger partial charge in [0.05, 0.1) is 22.5 Å². The molecule has 0 N–H and O–H groups in total. The number of hydrogen-bond acceptors (Lipinski definition) is 5. The van der Waals surface area contributed by atoms with Crippen LogP contribution in [-0.4, -0.2) is 14.5 Å². The summed E-state index contributed by atoms with van der Waals surface area (Å²) in [7, 11) is 0. The summed E-state index contributed by atoms with van der Waals surface area (Å²) < 4.78 is 2.22. The zero-order chi connectivity index (χ0) is 20.1. The van der Waals surface area contributed by atoms with Crippen molar-refractivity contribution in [3.63, 3.8) is 0 Å². The summed E-state index contributed by atoms with van der Waals surface area (Å²) in [6.07, 6.45) is 11.8. The average molecular weight is 407 g/mol. The third kappa shape index (κ3) is 4.68. The maximum atomic E-state index is 11.0. The van der Waals surface area contributed by atoms with Crippen molar-refractivity contribution < 1.29 is 4.92 Å². The highest BCUT2D eigenvalue weighted by Crippen LogP contribution is 2.26. The summed E-state index contributed by atoms with van der Waals surface area (Å²) in [5, 5.41) is 13.1. The molecule has 2 heterocycles.